The molecule has 0 N–H and O–H groups in total. The van der Waals surface area contributed by atoms with Crippen molar-refractivity contribution in [3.8, 4) is 0 Å². The minimum atomic E-state index is -6.60. The van der Waals surface area contributed by atoms with Gasteiger partial charge < -0.3 is 0 Å². The Morgan fingerprint density at radius 3 is 1.48 bits per heavy atom. The van der Waals surface area contributed by atoms with Crippen LogP contribution in [0.4, 0.5) is 43.9 Å². The van der Waals surface area contributed by atoms with Crippen LogP contribution in [0.15, 0.2) is 22.8 Å². The number of hydrogen-bond acceptors (Lipinski definition) is 0. The standard InChI is InChI=1S/C13H11F10/c1-5-4-8(9(11(15,16)17)7(3)6(5)2)10(14,12(18,19)20)13(21,22)23/h4-5H,1-3H3. The first-order valence-corrected chi connectivity index (χ1v) is 6.13. The van der Waals surface area contributed by atoms with Crippen molar-refractivity contribution in [2.75, 3.05) is 0 Å². The van der Waals surface area contributed by atoms with Crippen LogP contribution in [0.25, 0.3) is 0 Å². The van der Waals surface area contributed by atoms with E-state index >= 15 is 0 Å². The molecule has 0 aromatic carbocycles. The van der Waals surface area contributed by atoms with Crippen LogP contribution in [-0.2, 0) is 0 Å². The van der Waals surface area contributed by atoms with Gasteiger partial charge in [0.2, 0.25) is 0 Å². The zero-order valence-corrected chi connectivity index (χ0v) is 11.9. The number of hydrogen-bond donors (Lipinski definition) is 0. The minimum Gasteiger partial charge on any atom is -0.218 e. The first kappa shape index (κ1) is 19.8. The van der Waals surface area contributed by atoms with Crippen molar-refractivity contribution < 1.29 is 43.9 Å². The highest BCUT2D eigenvalue weighted by Crippen LogP contribution is 2.57. The van der Waals surface area contributed by atoms with Gasteiger partial charge in [-0.05, 0) is 12.8 Å². The molecule has 1 aliphatic rings. The number of rotatable bonds is 1. The molecule has 0 fully saturated rings. The van der Waals surface area contributed by atoms with Crippen LogP contribution in [0.5, 0.6) is 0 Å². The van der Waals surface area contributed by atoms with Gasteiger partial charge in [0, 0.05) is 11.5 Å². The van der Waals surface area contributed by atoms with Crippen molar-refractivity contribution in [1.29, 1.82) is 0 Å². The molecule has 0 aliphatic heterocycles. The number of allylic oxidation sites excluding steroid dienone is 4. The zero-order valence-electron chi connectivity index (χ0n) is 11.9. The lowest BCUT2D eigenvalue weighted by Crippen LogP contribution is -2.56. The Morgan fingerprint density at radius 2 is 1.17 bits per heavy atom. The number of halogens is 10. The van der Waals surface area contributed by atoms with Gasteiger partial charge in [0.25, 0.3) is 0 Å². The lowest BCUT2D eigenvalue weighted by atomic mass is 9.73. The molecule has 0 heterocycles. The van der Waals surface area contributed by atoms with Crippen LogP contribution < -0.4 is 0 Å². The lowest BCUT2D eigenvalue weighted by Gasteiger charge is -2.38. The highest BCUT2D eigenvalue weighted by atomic mass is 19.4. The second-order valence-electron chi connectivity index (χ2n) is 5.20. The number of alkyl halides is 10. The predicted octanol–water partition coefficient (Wildman–Crippen LogP) is 5.87. The molecule has 1 aliphatic carbocycles. The fraction of sp³-hybridized carbons (Fsp3) is 0.615. The molecule has 0 spiro atoms. The van der Waals surface area contributed by atoms with Crippen LogP contribution in [-0.4, -0.2) is 24.2 Å². The van der Waals surface area contributed by atoms with Crippen LogP contribution in [0, 0.1) is 11.8 Å². The van der Waals surface area contributed by atoms with E-state index in [-0.39, 0.29) is 12.0 Å². The normalized spacial score (nSPS) is 22.5. The summed E-state index contributed by atoms with van der Waals surface area (Å²) in [5.74, 6) is -1.30. The first-order chi connectivity index (χ1) is 9.96. The summed E-state index contributed by atoms with van der Waals surface area (Å²) in [6.07, 6.45) is -18.7. The third-order valence-corrected chi connectivity index (χ3v) is 3.77. The van der Waals surface area contributed by atoms with Crippen molar-refractivity contribution in [2.24, 2.45) is 5.92 Å². The van der Waals surface area contributed by atoms with Crippen LogP contribution in [0.1, 0.15) is 20.8 Å². The fourth-order valence-electron chi connectivity index (χ4n) is 2.32. The van der Waals surface area contributed by atoms with Gasteiger partial charge in [-0.25, -0.2) is 4.39 Å². The van der Waals surface area contributed by atoms with E-state index in [2.05, 4.69) is 0 Å². The summed E-state index contributed by atoms with van der Waals surface area (Å²) in [4.78, 5) is 0. The Morgan fingerprint density at radius 1 is 0.783 bits per heavy atom. The van der Waals surface area contributed by atoms with Gasteiger partial charge in [-0.2, -0.15) is 39.5 Å². The van der Waals surface area contributed by atoms with E-state index in [4.69, 9.17) is 0 Å². The zero-order chi connectivity index (χ0) is 18.6. The van der Waals surface area contributed by atoms with E-state index in [1.54, 1.807) is 0 Å². The summed E-state index contributed by atoms with van der Waals surface area (Å²) in [5, 5.41) is 0. The van der Waals surface area contributed by atoms with Gasteiger partial charge in [-0.15, -0.1) is 0 Å². The van der Waals surface area contributed by atoms with E-state index in [1.165, 1.54) is 0 Å². The summed E-state index contributed by atoms with van der Waals surface area (Å²) in [6.45, 7) is 2.92. The molecule has 0 bridgehead atoms. The maximum atomic E-state index is 14.1. The second-order valence-corrected chi connectivity index (χ2v) is 5.20. The third kappa shape index (κ3) is 3.08. The monoisotopic (exact) mass is 357 g/mol. The maximum Gasteiger partial charge on any atom is 0.435 e. The molecule has 0 aromatic rings. The van der Waals surface area contributed by atoms with Gasteiger partial charge in [0.1, 0.15) is 0 Å². The van der Waals surface area contributed by atoms with Crippen molar-refractivity contribution in [3.63, 3.8) is 0 Å². The largest absolute Gasteiger partial charge is 0.435 e. The highest BCUT2D eigenvalue weighted by Gasteiger charge is 2.76. The second kappa shape index (κ2) is 5.41. The third-order valence-electron chi connectivity index (χ3n) is 3.77. The van der Waals surface area contributed by atoms with E-state index in [1.807, 2.05) is 0 Å². The average Bonchev–Trinajstić information content (AvgIpc) is 2.29. The molecule has 133 valence electrons. The van der Waals surface area contributed by atoms with Crippen molar-refractivity contribution in [1.82, 2.24) is 0 Å². The quantitative estimate of drug-likeness (QED) is 0.515. The molecule has 0 saturated carbocycles. The molecule has 0 saturated heterocycles. The molecule has 1 rings (SSSR count). The van der Waals surface area contributed by atoms with Crippen molar-refractivity contribution in [3.05, 3.63) is 28.7 Å². The SMILES string of the molecule is C[C]1C(C)=C(C(F)(F)F)C(C(F)(C(F)(F)F)C(F)(F)F)=CC1C. The van der Waals surface area contributed by atoms with E-state index in [9.17, 15) is 43.9 Å². The Bertz CT molecular complexity index is 514. The Hall–Kier alpha value is -1.22. The Labute approximate surface area is 124 Å². The van der Waals surface area contributed by atoms with E-state index in [0.717, 1.165) is 20.8 Å². The summed E-state index contributed by atoms with van der Waals surface area (Å²) >= 11 is 0. The summed E-state index contributed by atoms with van der Waals surface area (Å²) < 4.78 is 130. The summed E-state index contributed by atoms with van der Waals surface area (Å²) in [7, 11) is 0. The van der Waals surface area contributed by atoms with Gasteiger partial charge in [0.05, 0.1) is 5.57 Å². The summed E-state index contributed by atoms with van der Waals surface area (Å²) in [6, 6.07) is 0. The van der Waals surface area contributed by atoms with E-state index < -0.39 is 46.8 Å². The van der Waals surface area contributed by atoms with Crippen molar-refractivity contribution >= 4 is 0 Å². The summed E-state index contributed by atoms with van der Waals surface area (Å²) in [5.41, 5.74) is -11.7. The van der Waals surface area contributed by atoms with Gasteiger partial charge in [-0.3, -0.25) is 0 Å². The molecule has 1 unspecified atom stereocenters. The van der Waals surface area contributed by atoms with Gasteiger partial charge in [-0.1, -0.05) is 25.5 Å². The molecular weight excluding hydrogens is 346 g/mol. The van der Waals surface area contributed by atoms with Crippen molar-refractivity contribution in [2.45, 2.75) is 45.0 Å². The molecule has 10 heteroatoms. The Kier molecular flexibility index (Phi) is 4.66. The molecular formula is C13H11F10. The lowest BCUT2D eigenvalue weighted by molar-refractivity contribution is -0.326. The van der Waals surface area contributed by atoms with Crippen LogP contribution in [0.3, 0.4) is 0 Å². The molecule has 1 atom stereocenters. The molecule has 0 nitrogen and oxygen atoms in total. The molecule has 0 aromatic heterocycles. The topological polar surface area (TPSA) is 0 Å². The fourth-order valence-corrected chi connectivity index (χ4v) is 2.32. The predicted molar refractivity (Wildman–Crippen MR) is 60.9 cm³/mol. The average molecular weight is 357 g/mol. The van der Waals surface area contributed by atoms with Crippen LogP contribution in [0.2, 0.25) is 0 Å². The highest BCUT2D eigenvalue weighted by molar-refractivity contribution is 5.54. The molecule has 0 amide bonds. The first-order valence-electron chi connectivity index (χ1n) is 6.13. The van der Waals surface area contributed by atoms with Gasteiger partial charge >= 0.3 is 24.2 Å². The maximum absolute atomic E-state index is 14.1. The van der Waals surface area contributed by atoms with Crippen LogP contribution >= 0.6 is 0 Å². The minimum absolute atomic E-state index is 0.0339. The smallest absolute Gasteiger partial charge is 0.218 e. The van der Waals surface area contributed by atoms with Gasteiger partial charge in [0.15, 0.2) is 0 Å². The molecule has 23 heavy (non-hydrogen) atoms. The Balaban J connectivity index is 3.80. The molecule has 1 radical (unpaired) electrons. The van der Waals surface area contributed by atoms with E-state index in [0.29, 0.717) is 0 Å².